The van der Waals surface area contributed by atoms with Crippen molar-refractivity contribution in [3.63, 3.8) is 0 Å². The molecule has 0 bridgehead atoms. The highest BCUT2D eigenvalue weighted by Crippen LogP contribution is 2.38. The fraction of sp³-hybridized carbons (Fsp3) is 0.562. The number of carbonyl (C=O) groups is 1. The quantitative estimate of drug-likeness (QED) is 0.725. The molecule has 0 aromatic heterocycles. The van der Waals surface area contributed by atoms with Gasteiger partial charge in [-0.1, -0.05) is 32.8 Å². The highest BCUT2D eigenvalue weighted by atomic mass is 127. The summed E-state index contributed by atoms with van der Waals surface area (Å²) in [4.78, 5) is 14.5. The first-order chi connectivity index (χ1) is 9.10. The lowest BCUT2D eigenvalue weighted by Gasteiger charge is -2.41. The maximum atomic E-state index is 12.5. The number of benzene rings is 1. The summed E-state index contributed by atoms with van der Waals surface area (Å²) in [5, 5.41) is 0. The van der Waals surface area contributed by atoms with E-state index in [0.29, 0.717) is 5.41 Å². The van der Waals surface area contributed by atoms with Crippen LogP contribution in [0.4, 0.5) is 0 Å². The molecule has 0 N–H and O–H groups in total. The van der Waals surface area contributed by atoms with E-state index in [0.717, 1.165) is 35.1 Å². The van der Waals surface area contributed by atoms with Gasteiger partial charge in [0.05, 0.1) is 0 Å². The molecule has 19 heavy (non-hydrogen) atoms. The Morgan fingerprint density at radius 2 is 1.89 bits per heavy atom. The van der Waals surface area contributed by atoms with Crippen molar-refractivity contribution in [2.75, 3.05) is 13.1 Å². The van der Waals surface area contributed by atoms with Gasteiger partial charge in [-0.15, -0.1) is 0 Å². The van der Waals surface area contributed by atoms with E-state index in [4.69, 9.17) is 0 Å². The average Bonchev–Trinajstić information content (AvgIpc) is 2.46. The Morgan fingerprint density at radius 3 is 2.42 bits per heavy atom. The van der Waals surface area contributed by atoms with Gasteiger partial charge in [-0.25, -0.2) is 0 Å². The second-order valence-electron chi connectivity index (χ2n) is 5.51. The first-order valence-corrected chi connectivity index (χ1v) is 8.23. The molecule has 0 radical (unpaired) electrons. The molecule has 2 nitrogen and oxygen atoms in total. The molecule has 1 amide bonds. The van der Waals surface area contributed by atoms with Gasteiger partial charge in [0.2, 0.25) is 0 Å². The number of likely N-dealkylation sites (tertiary alicyclic amines) is 1. The molecule has 0 atom stereocenters. The molecule has 1 aliphatic heterocycles. The van der Waals surface area contributed by atoms with Crippen LogP contribution in [0.2, 0.25) is 0 Å². The SMILES string of the molecule is CCC1(CC)CCN(C(=O)c2cccc(I)c2)CC1. The monoisotopic (exact) mass is 371 g/mol. The van der Waals surface area contributed by atoms with Crippen LogP contribution < -0.4 is 0 Å². The number of piperidine rings is 1. The second-order valence-corrected chi connectivity index (χ2v) is 6.76. The molecular formula is C16H22INO. The molecule has 3 heteroatoms. The molecule has 0 aliphatic carbocycles. The highest BCUT2D eigenvalue weighted by molar-refractivity contribution is 14.1. The van der Waals surface area contributed by atoms with E-state index in [1.807, 2.05) is 29.2 Å². The lowest BCUT2D eigenvalue weighted by molar-refractivity contribution is 0.0557. The van der Waals surface area contributed by atoms with E-state index >= 15 is 0 Å². The fourth-order valence-electron chi connectivity index (χ4n) is 2.95. The zero-order valence-electron chi connectivity index (χ0n) is 11.8. The molecule has 1 aromatic carbocycles. The summed E-state index contributed by atoms with van der Waals surface area (Å²) in [7, 11) is 0. The zero-order valence-corrected chi connectivity index (χ0v) is 13.9. The lowest BCUT2D eigenvalue weighted by Crippen LogP contribution is -2.42. The smallest absolute Gasteiger partial charge is 0.253 e. The average molecular weight is 371 g/mol. The van der Waals surface area contributed by atoms with Crippen molar-refractivity contribution in [2.45, 2.75) is 39.5 Å². The molecule has 2 rings (SSSR count). The van der Waals surface area contributed by atoms with Crippen molar-refractivity contribution in [3.05, 3.63) is 33.4 Å². The number of halogens is 1. The summed E-state index contributed by atoms with van der Waals surface area (Å²) in [5.41, 5.74) is 1.30. The topological polar surface area (TPSA) is 20.3 Å². The number of hydrogen-bond acceptors (Lipinski definition) is 1. The molecule has 1 aliphatic rings. The number of rotatable bonds is 3. The van der Waals surface area contributed by atoms with Gasteiger partial charge in [0, 0.05) is 22.2 Å². The van der Waals surface area contributed by atoms with Crippen LogP contribution in [0.1, 0.15) is 49.9 Å². The van der Waals surface area contributed by atoms with E-state index in [2.05, 4.69) is 36.4 Å². The van der Waals surface area contributed by atoms with Gasteiger partial charge in [0.1, 0.15) is 0 Å². The molecule has 1 fully saturated rings. The third-order valence-corrected chi connectivity index (χ3v) is 5.35. The molecule has 104 valence electrons. The summed E-state index contributed by atoms with van der Waals surface area (Å²) >= 11 is 2.26. The predicted octanol–water partition coefficient (Wildman–Crippen LogP) is 4.33. The molecule has 0 spiro atoms. The number of hydrogen-bond donors (Lipinski definition) is 0. The van der Waals surface area contributed by atoms with Gasteiger partial charge < -0.3 is 4.90 Å². The van der Waals surface area contributed by atoms with Crippen molar-refractivity contribution in [2.24, 2.45) is 5.41 Å². The van der Waals surface area contributed by atoms with Gasteiger partial charge in [-0.2, -0.15) is 0 Å². The van der Waals surface area contributed by atoms with Gasteiger partial charge >= 0.3 is 0 Å². The van der Waals surface area contributed by atoms with Crippen molar-refractivity contribution >= 4 is 28.5 Å². The first kappa shape index (κ1) is 14.8. The minimum Gasteiger partial charge on any atom is -0.339 e. The second kappa shape index (κ2) is 6.25. The summed E-state index contributed by atoms with van der Waals surface area (Å²) in [5.74, 6) is 0.194. The Bertz CT molecular complexity index is 444. The van der Waals surface area contributed by atoms with Crippen LogP contribution in [-0.4, -0.2) is 23.9 Å². The van der Waals surface area contributed by atoms with E-state index in [-0.39, 0.29) is 5.91 Å². The minimum atomic E-state index is 0.194. The normalized spacial score (nSPS) is 18.4. The highest BCUT2D eigenvalue weighted by Gasteiger charge is 2.33. The molecule has 0 unspecified atom stereocenters. The van der Waals surface area contributed by atoms with Crippen molar-refractivity contribution in [1.29, 1.82) is 0 Å². The summed E-state index contributed by atoms with van der Waals surface area (Å²) in [6, 6.07) is 7.88. The molecule has 1 heterocycles. The van der Waals surface area contributed by atoms with Crippen LogP contribution in [0.3, 0.4) is 0 Å². The third kappa shape index (κ3) is 3.30. The molecule has 0 saturated carbocycles. The van der Waals surface area contributed by atoms with Crippen molar-refractivity contribution in [3.8, 4) is 0 Å². The van der Waals surface area contributed by atoms with Crippen LogP contribution in [0.15, 0.2) is 24.3 Å². The van der Waals surface area contributed by atoms with Crippen LogP contribution in [0.25, 0.3) is 0 Å². The van der Waals surface area contributed by atoms with E-state index in [1.165, 1.54) is 12.8 Å². The van der Waals surface area contributed by atoms with Gasteiger partial charge in [-0.05, 0) is 59.0 Å². The molecule has 1 saturated heterocycles. The zero-order chi connectivity index (χ0) is 13.9. The first-order valence-electron chi connectivity index (χ1n) is 7.15. The number of amides is 1. The Kier molecular flexibility index (Phi) is 4.87. The standard InChI is InChI=1S/C16H22INO/c1-3-16(4-2)8-10-18(11-9-16)15(19)13-6-5-7-14(17)12-13/h5-7,12H,3-4,8-11H2,1-2H3. The largest absolute Gasteiger partial charge is 0.339 e. The maximum Gasteiger partial charge on any atom is 0.253 e. The Hall–Kier alpha value is -0.580. The Morgan fingerprint density at radius 1 is 1.26 bits per heavy atom. The van der Waals surface area contributed by atoms with E-state index in [9.17, 15) is 4.79 Å². The summed E-state index contributed by atoms with van der Waals surface area (Å²) in [6.07, 6.45) is 4.76. The van der Waals surface area contributed by atoms with Gasteiger partial charge in [0.25, 0.3) is 5.91 Å². The van der Waals surface area contributed by atoms with Crippen molar-refractivity contribution < 1.29 is 4.79 Å². The Labute approximate surface area is 129 Å². The third-order valence-electron chi connectivity index (χ3n) is 4.68. The van der Waals surface area contributed by atoms with Crippen LogP contribution >= 0.6 is 22.6 Å². The van der Waals surface area contributed by atoms with E-state index < -0.39 is 0 Å². The number of nitrogens with zero attached hydrogens (tertiary/aromatic N) is 1. The van der Waals surface area contributed by atoms with Gasteiger partial charge in [0.15, 0.2) is 0 Å². The molecule has 1 aromatic rings. The number of carbonyl (C=O) groups excluding carboxylic acids is 1. The summed E-state index contributed by atoms with van der Waals surface area (Å²) in [6.45, 7) is 6.37. The van der Waals surface area contributed by atoms with Gasteiger partial charge in [-0.3, -0.25) is 4.79 Å². The Balaban J connectivity index is 2.04. The van der Waals surface area contributed by atoms with Crippen LogP contribution in [0.5, 0.6) is 0 Å². The predicted molar refractivity (Wildman–Crippen MR) is 87.3 cm³/mol. The van der Waals surface area contributed by atoms with E-state index in [1.54, 1.807) is 0 Å². The maximum absolute atomic E-state index is 12.5. The molecular weight excluding hydrogens is 349 g/mol. The van der Waals surface area contributed by atoms with Crippen LogP contribution in [0, 0.1) is 8.99 Å². The fourth-order valence-corrected chi connectivity index (χ4v) is 3.49. The minimum absolute atomic E-state index is 0.194. The summed E-state index contributed by atoms with van der Waals surface area (Å²) < 4.78 is 1.12. The van der Waals surface area contributed by atoms with Crippen molar-refractivity contribution in [1.82, 2.24) is 4.90 Å². The lowest BCUT2D eigenvalue weighted by atomic mass is 9.74. The van der Waals surface area contributed by atoms with Crippen LogP contribution in [-0.2, 0) is 0 Å².